The van der Waals surface area contributed by atoms with Crippen LogP contribution in [0.15, 0.2) is 111 Å². The standard InChI is InChI=1S/C20H18F3N5OS.C17H16F3N5S.C3H3ClO/c1-2-17(29)28-15-8-12(7-14(9-15)20(21,22)23)10-26-19(30)27-11-13-3-5-24-18-16(13)4-6-25-18;18-17(19,20)12-5-10(6-13(21)7-12)8-24-16(26)25-9-11-1-3-22-15-14(11)2-4-23-15;1-2-3(4)5/h2-9H,1,10-11H2,(H,24,25)(H,28,29)(H2,26,27,30);1-7H,8-9,21H2,(H,22,23)(H2,24,25,26);2H,1H2. The van der Waals surface area contributed by atoms with E-state index in [2.05, 4.69) is 59.7 Å². The summed E-state index contributed by atoms with van der Waals surface area (Å²) in [5.74, 6) is -0.598. The van der Waals surface area contributed by atoms with Crippen LogP contribution < -0.4 is 32.3 Å². The van der Waals surface area contributed by atoms with Crippen molar-refractivity contribution in [2.24, 2.45) is 0 Å². The van der Waals surface area contributed by atoms with E-state index in [1.54, 1.807) is 24.8 Å². The molecule has 0 aliphatic heterocycles. The maximum atomic E-state index is 13.2. The molecule has 2 aromatic carbocycles. The Hall–Kier alpha value is -6.51. The Balaban J connectivity index is 0.000000244. The summed E-state index contributed by atoms with van der Waals surface area (Å²) in [6.45, 7) is 7.44. The second-order valence-electron chi connectivity index (χ2n) is 12.6. The summed E-state index contributed by atoms with van der Waals surface area (Å²) in [6.07, 6.45) is -0.00708. The predicted octanol–water partition coefficient (Wildman–Crippen LogP) is 8.14. The molecule has 0 unspecified atom stereocenters. The van der Waals surface area contributed by atoms with Gasteiger partial charge in [-0.05, 0) is 131 Å². The number of benzene rings is 2. The molecule has 61 heavy (non-hydrogen) atoms. The number of thiocarbonyl (C=S) groups is 2. The number of fused-ring (bicyclic) bond motifs is 2. The normalized spacial score (nSPS) is 10.9. The fourth-order valence-corrected chi connectivity index (χ4v) is 5.68. The lowest BCUT2D eigenvalue weighted by molar-refractivity contribution is -0.138. The average Bonchev–Trinajstić information content (AvgIpc) is 3.91. The molecular weight excluding hydrogens is 866 g/mol. The summed E-state index contributed by atoms with van der Waals surface area (Å²) in [7, 11) is 0. The molecule has 9 N–H and O–H groups in total. The lowest BCUT2D eigenvalue weighted by Crippen LogP contribution is -2.34. The number of nitrogen functional groups attached to an aromatic ring is 1. The van der Waals surface area contributed by atoms with Gasteiger partial charge in [0, 0.05) is 73.1 Å². The van der Waals surface area contributed by atoms with Crippen LogP contribution in [0.1, 0.15) is 33.4 Å². The van der Waals surface area contributed by atoms with Crippen molar-refractivity contribution < 1.29 is 35.9 Å². The minimum Gasteiger partial charge on any atom is -0.399 e. The van der Waals surface area contributed by atoms with Gasteiger partial charge in [0.1, 0.15) is 11.3 Å². The Kier molecular flexibility index (Phi) is 16.7. The molecule has 21 heteroatoms. The number of aromatic amines is 2. The quantitative estimate of drug-likeness (QED) is 0.0207. The minimum atomic E-state index is -4.55. The molecule has 1 amide bonds. The molecule has 0 spiro atoms. The highest BCUT2D eigenvalue weighted by atomic mass is 35.5. The van der Waals surface area contributed by atoms with Crippen molar-refractivity contribution in [1.82, 2.24) is 41.2 Å². The minimum absolute atomic E-state index is 0.0250. The van der Waals surface area contributed by atoms with Crippen molar-refractivity contribution >= 4 is 90.9 Å². The van der Waals surface area contributed by atoms with Crippen LogP contribution in [0.3, 0.4) is 0 Å². The maximum absolute atomic E-state index is 13.2. The fourth-order valence-electron chi connectivity index (χ4n) is 5.39. The fraction of sp³-hybridized carbons (Fsp3) is 0.150. The highest BCUT2D eigenvalue weighted by Gasteiger charge is 2.32. The Morgan fingerprint density at radius 2 is 1.13 bits per heavy atom. The highest BCUT2D eigenvalue weighted by Crippen LogP contribution is 2.33. The molecule has 0 aliphatic rings. The Labute approximate surface area is 360 Å². The molecule has 0 saturated carbocycles. The van der Waals surface area contributed by atoms with Crippen LogP contribution in [-0.2, 0) is 48.1 Å². The number of pyridine rings is 2. The Morgan fingerprint density at radius 3 is 1.57 bits per heavy atom. The van der Waals surface area contributed by atoms with Crippen molar-refractivity contribution in [2.45, 2.75) is 38.5 Å². The number of anilines is 2. The lowest BCUT2D eigenvalue weighted by Gasteiger charge is -2.15. The largest absolute Gasteiger partial charge is 0.416 e. The van der Waals surface area contributed by atoms with E-state index in [4.69, 9.17) is 41.8 Å². The van der Waals surface area contributed by atoms with Gasteiger partial charge in [-0.1, -0.05) is 13.2 Å². The zero-order valence-corrected chi connectivity index (χ0v) is 34.1. The summed E-state index contributed by atoms with van der Waals surface area (Å²) in [5.41, 5.74) is 8.21. The van der Waals surface area contributed by atoms with Gasteiger partial charge in [0.25, 0.3) is 0 Å². The molecule has 0 bridgehead atoms. The van der Waals surface area contributed by atoms with Crippen LogP contribution in [0.5, 0.6) is 0 Å². The maximum Gasteiger partial charge on any atom is 0.416 e. The zero-order chi connectivity index (χ0) is 44.7. The van der Waals surface area contributed by atoms with Crippen molar-refractivity contribution in [3.05, 3.63) is 144 Å². The second kappa shape index (κ2) is 21.7. The van der Waals surface area contributed by atoms with Crippen LogP contribution in [-0.4, -0.2) is 41.3 Å². The molecule has 4 heterocycles. The Morgan fingerprint density at radius 1 is 0.689 bits per heavy atom. The molecule has 0 radical (unpaired) electrons. The van der Waals surface area contributed by atoms with E-state index in [-0.39, 0.29) is 29.6 Å². The van der Waals surface area contributed by atoms with Gasteiger partial charge in [-0.15, -0.1) is 0 Å². The lowest BCUT2D eigenvalue weighted by atomic mass is 10.1. The number of halogens is 7. The number of hydrogen-bond acceptors (Lipinski definition) is 7. The van der Waals surface area contributed by atoms with Gasteiger partial charge in [0.15, 0.2) is 10.2 Å². The van der Waals surface area contributed by atoms with Crippen LogP contribution >= 0.6 is 36.0 Å². The number of hydrogen-bond donors (Lipinski definition) is 8. The Bertz CT molecular complexity index is 2520. The summed E-state index contributed by atoms with van der Waals surface area (Å²) in [4.78, 5) is 35.4. The molecule has 0 aliphatic carbocycles. The van der Waals surface area contributed by atoms with Gasteiger partial charge in [-0.2, -0.15) is 26.3 Å². The van der Waals surface area contributed by atoms with Crippen LogP contribution in [0.2, 0.25) is 0 Å². The number of nitrogens with two attached hydrogens (primary N) is 1. The molecule has 0 fully saturated rings. The summed E-state index contributed by atoms with van der Waals surface area (Å²) in [5, 5.41) is 16.2. The number of nitrogens with zero attached hydrogens (tertiary/aromatic N) is 2. The van der Waals surface area contributed by atoms with Crippen molar-refractivity contribution in [1.29, 1.82) is 0 Å². The molecule has 320 valence electrons. The second-order valence-corrected chi connectivity index (χ2v) is 13.8. The summed E-state index contributed by atoms with van der Waals surface area (Å²) >= 11 is 15.1. The van der Waals surface area contributed by atoms with Crippen molar-refractivity contribution in [2.75, 3.05) is 11.1 Å². The van der Waals surface area contributed by atoms with E-state index in [0.717, 1.165) is 69.6 Å². The van der Waals surface area contributed by atoms with E-state index in [0.29, 0.717) is 29.3 Å². The molecule has 6 rings (SSSR count). The van der Waals surface area contributed by atoms with Gasteiger partial charge in [-0.3, -0.25) is 9.59 Å². The number of H-pyrrole nitrogens is 2. The SMILES string of the molecule is C=CC(=O)Cl.C=CC(=O)Nc1cc(CNC(=S)NCc2ccnc3[nH]ccc23)cc(C(F)(F)F)c1.Nc1cc(CNC(=S)NCc2ccnc3[nH]ccc23)cc(C(F)(F)F)c1. The molecule has 0 saturated heterocycles. The zero-order valence-electron chi connectivity index (χ0n) is 31.7. The van der Waals surface area contributed by atoms with E-state index in [1.807, 2.05) is 24.3 Å². The number of amides is 1. The van der Waals surface area contributed by atoms with Gasteiger partial charge < -0.3 is 42.3 Å². The first-order valence-electron chi connectivity index (χ1n) is 17.6. The first-order chi connectivity index (χ1) is 28.9. The molecule has 12 nitrogen and oxygen atoms in total. The van der Waals surface area contributed by atoms with E-state index in [1.165, 1.54) is 12.1 Å². The number of nitrogens with one attached hydrogen (secondary N) is 7. The number of alkyl halides is 6. The van der Waals surface area contributed by atoms with Crippen LogP contribution in [0.25, 0.3) is 22.1 Å². The van der Waals surface area contributed by atoms with Crippen molar-refractivity contribution in [3.63, 3.8) is 0 Å². The smallest absolute Gasteiger partial charge is 0.399 e. The van der Waals surface area contributed by atoms with Gasteiger partial charge in [-0.25, -0.2) is 9.97 Å². The van der Waals surface area contributed by atoms with Gasteiger partial charge in [0.05, 0.1) is 11.1 Å². The topological polar surface area (TPSA) is 178 Å². The first-order valence-corrected chi connectivity index (χ1v) is 18.8. The molecule has 0 atom stereocenters. The molecule has 6 aromatic rings. The third-order valence-electron chi connectivity index (χ3n) is 8.16. The average molecular weight is 903 g/mol. The third-order valence-corrected chi connectivity index (χ3v) is 8.89. The number of carbonyl (C=O) groups excluding carboxylic acids is 2. The molecular formula is C40H37ClF6N10O2S2. The number of rotatable bonds is 11. The van der Waals surface area contributed by atoms with Gasteiger partial charge >= 0.3 is 12.4 Å². The third kappa shape index (κ3) is 14.9. The van der Waals surface area contributed by atoms with Crippen molar-refractivity contribution in [3.8, 4) is 0 Å². The van der Waals surface area contributed by atoms with Crippen LogP contribution in [0.4, 0.5) is 37.7 Å². The monoisotopic (exact) mass is 902 g/mol. The van der Waals surface area contributed by atoms with Gasteiger partial charge in [0.2, 0.25) is 11.1 Å². The number of aromatic nitrogens is 4. The number of allylic oxidation sites excluding steroid dienone is 1. The summed E-state index contributed by atoms with van der Waals surface area (Å²) in [6, 6.07) is 14.3. The summed E-state index contributed by atoms with van der Waals surface area (Å²) < 4.78 is 78.0. The predicted molar refractivity (Wildman–Crippen MR) is 232 cm³/mol. The number of carbonyl (C=O) groups is 2. The van der Waals surface area contributed by atoms with Crippen LogP contribution in [0, 0.1) is 0 Å². The van der Waals surface area contributed by atoms with E-state index in [9.17, 15) is 35.9 Å². The highest BCUT2D eigenvalue weighted by molar-refractivity contribution is 7.80. The first kappa shape index (κ1) is 47.2. The van der Waals surface area contributed by atoms with E-state index < -0.39 is 34.6 Å². The van der Waals surface area contributed by atoms with E-state index >= 15 is 0 Å². The molecule has 4 aromatic heterocycles.